The first-order valence-corrected chi connectivity index (χ1v) is 11.4. The Labute approximate surface area is 174 Å². The highest BCUT2D eigenvalue weighted by Gasteiger charge is 2.18. The van der Waals surface area contributed by atoms with E-state index in [2.05, 4.69) is 54.8 Å². The summed E-state index contributed by atoms with van der Waals surface area (Å²) in [6.45, 7) is 11.0. The Morgan fingerprint density at radius 1 is 1.07 bits per heavy atom. The summed E-state index contributed by atoms with van der Waals surface area (Å²) in [4.78, 5) is 13.0. The van der Waals surface area contributed by atoms with Crippen molar-refractivity contribution in [1.29, 1.82) is 0 Å². The van der Waals surface area contributed by atoms with Gasteiger partial charge in [0.15, 0.2) is 0 Å². The molecule has 0 bridgehead atoms. The van der Waals surface area contributed by atoms with Gasteiger partial charge in [-0.2, -0.15) is 0 Å². The number of nitrogens with zero attached hydrogens (tertiary/aromatic N) is 1. The van der Waals surface area contributed by atoms with Crippen molar-refractivity contribution in [1.82, 2.24) is 5.32 Å². The Hall–Kier alpha value is -2.22. The molecule has 4 N–H and O–H groups in total. The smallest absolute Gasteiger partial charge is 0.316 e. The van der Waals surface area contributed by atoms with Crippen molar-refractivity contribution in [3.8, 4) is 0 Å². The summed E-state index contributed by atoms with van der Waals surface area (Å²) in [7, 11) is -1.49. The maximum absolute atomic E-state index is 12.9. The van der Waals surface area contributed by atoms with Gasteiger partial charge >= 0.3 is 6.03 Å². The van der Waals surface area contributed by atoms with E-state index in [4.69, 9.17) is 5.14 Å². The fourth-order valence-corrected chi connectivity index (χ4v) is 4.13. The van der Waals surface area contributed by atoms with Crippen molar-refractivity contribution in [2.75, 3.05) is 12.4 Å². The fraction of sp³-hybridized carbons (Fsp3) is 0.409. The lowest BCUT2D eigenvalue weighted by Crippen LogP contribution is -2.19. The zero-order valence-electron chi connectivity index (χ0n) is 18.1. The van der Waals surface area contributed by atoms with E-state index in [1.54, 1.807) is 12.1 Å². The van der Waals surface area contributed by atoms with Crippen LogP contribution in [0.15, 0.2) is 45.7 Å². The van der Waals surface area contributed by atoms with Crippen LogP contribution in [0.3, 0.4) is 0 Å². The molecule has 0 aliphatic rings. The maximum atomic E-state index is 12.9. The molecule has 0 fully saturated rings. The average Bonchev–Trinajstić information content (AvgIpc) is 2.62. The van der Waals surface area contributed by atoms with Crippen LogP contribution in [0.5, 0.6) is 0 Å². The molecule has 2 rings (SSSR count). The Morgan fingerprint density at radius 3 is 2.03 bits per heavy atom. The lowest BCUT2D eigenvalue weighted by Gasteiger charge is -2.20. The predicted molar refractivity (Wildman–Crippen MR) is 121 cm³/mol. The fourth-order valence-electron chi connectivity index (χ4n) is 3.21. The van der Waals surface area contributed by atoms with Crippen LogP contribution in [-0.2, 0) is 16.5 Å². The van der Waals surface area contributed by atoms with E-state index in [0.717, 1.165) is 27.9 Å². The number of urea groups is 1. The predicted octanol–water partition coefficient (Wildman–Crippen LogP) is 4.89. The second-order valence-electron chi connectivity index (χ2n) is 7.89. The van der Waals surface area contributed by atoms with Crippen LogP contribution >= 0.6 is 0 Å². The van der Waals surface area contributed by atoms with E-state index in [0.29, 0.717) is 11.4 Å². The van der Waals surface area contributed by atoms with E-state index >= 15 is 0 Å². The number of nitrogens with one attached hydrogen (secondary N) is 2. The number of benzene rings is 2. The molecule has 0 spiro atoms. The van der Waals surface area contributed by atoms with Crippen molar-refractivity contribution < 1.29 is 9.00 Å². The molecule has 2 aromatic rings. The van der Waals surface area contributed by atoms with Crippen molar-refractivity contribution in [2.24, 2.45) is 9.50 Å². The van der Waals surface area contributed by atoms with Crippen LogP contribution < -0.4 is 15.8 Å². The minimum Gasteiger partial charge on any atom is -0.316 e. The second kappa shape index (κ2) is 9.52. The Balaban J connectivity index is 2.40. The molecule has 0 heterocycles. The summed E-state index contributed by atoms with van der Waals surface area (Å²) in [5, 5.41) is 11.8. The molecule has 1 atom stereocenters. The van der Waals surface area contributed by atoms with Crippen molar-refractivity contribution in [3.05, 3.63) is 58.7 Å². The highest BCUT2D eigenvalue weighted by Crippen LogP contribution is 2.34. The summed E-state index contributed by atoms with van der Waals surface area (Å²) >= 11 is 0. The molecule has 0 saturated carbocycles. The first kappa shape index (κ1) is 23.1. The summed E-state index contributed by atoms with van der Waals surface area (Å²) in [6, 6.07) is 10.4. The van der Waals surface area contributed by atoms with Crippen molar-refractivity contribution in [3.63, 3.8) is 0 Å². The summed E-state index contributed by atoms with van der Waals surface area (Å²) < 4.78 is 16.7. The number of hydrogen-bond acceptors (Lipinski definition) is 3. The minimum atomic E-state index is -3.34. The first-order chi connectivity index (χ1) is 13.5. The molecule has 0 aromatic heterocycles. The molecule has 2 amide bonds. The van der Waals surface area contributed by atoms with Gasteiger partial charge < -0.3 is 10.6 Å². The molecule has 0 aliphatic heterocycles. The van der Waals surface area contributed by atoms with Gasteiger partial charge in [-0.15, -0.1) is 4.36 Å². The lowest BCUT2D eigenvalue weighted by atomic mass is 9.90. The zero-order chi connectivity index (χ0) is 21.8. The molecular formula is C22H32N4O2S. The third-order valence-corrected chi connectivity index (χ3v) is 6.06. The monoisotopic (exact) mass is 416 g/mol. The van der Waals surface area contributed by atoms with Gasteiger partial charge in [-0.05, 0) is 54.6 Å². The normalized spacial score (nSPS) is 13.4. The quantitative estimate of drug-likeness (QED) is 0.625. The van der Waals surface area contributed by atoms with Crippen LogP contribution in [0.4, 0.5) is 10.5 Å². The van der Waals surface area contributed by atoms with E-state index in [1.807, 2.05) is 26.1 Å². The standard InChI is InChI=1S/C22H32N4O2S/c1-14(2)19-11-16(5)12-20(15(3)4)21(19)25-22(27)26-29(23,28)18-9-7-17(8-10-18)13-24-6/h7-12,14-15,24H,13H2,1-6H3,(H3,23,25,26,27,28)/t29-/m1/s1. The number of carbonyl (C=O) groups is 1. The molecule has 0 aliphatic carbocycles. The van der Waals surface area contributed by atoms with Crippen LogP contribution in [0.2, 0.25) is 0 Å². The highest BCUT2D eigenvalue weighted by molar-refractivity contribution is 7.91. The van der Waals surface area contributed by atoms with Crippen LogP contribution in [0, 0.1) is 6.92 Å². The Bertz CT molecular complexity index is 959. The van der Waals surface area contributed by atoms with E-state index in [1.165, 1.54) is 0 Å². The number of carbonyl (C=O) groups excluding carboxylic acids is 1. The van der Waals surface area contributed by atoms with Crippen molar-refractivity contribution >= 4 is 21.6 Å². The number of hydrogen-bond donors (Lipinski definition) is 3. The van der Waals surface area contributed by atoms with Crippen LogP contribution in [0.1, 0.15) is 61.8 Å². The number of nitrogens with two attached hydrogens (primary N) is 1. The van der Waals surface area contributed by atoms with Crippen LogP contribution in [-0.4, -0.2) is 17.3 Å². The highest BCUT2D eigenvalue weighted by atomic mass is 32.2. The Morgan fingerprint density at radius 2 is 1.59 bits per heavy atom. The third-order valence-electron chi connectivity index (χ3n) is 4.68. The molecule has 0 saturated heterocycles. The first-order valence-electron chi connectivity index (χ1n) is 9.79. The molecule has 0 unspecified atom stereocenters. The molecule has 6 nitrogen and oxygen atoms in total. The second-order valence-corrected chi connectivity index (χ2v) is 9.68. The van der Waals surface area contributed by atoms with Crippen LogP contribution in [0.25, 0.3) is 0 Å². The number of aryl methyl sites for hydroxylation is 1. The SMILES string of the molecule is CNCc1ccc([S@](N)(=O)=NC(=O)Nc2c(C(C)C)cc(C)cc2C(C)C)cc1. The molecular weight excluding hydrogens is 384 g/mol. The minimum absolute atomic E-state index is 0.213. The van der Waals surface area contributed by atoms with E-state index < -0.39 is 15.9 Å². The van der Waals surface area contributed by atoms with Gasteiger partial charge in [-0.3, -0.25) is 0 Å². The number of anilines is 1. The van der Waals surface area contributed by atoms with E-state index in [9.17, 15) is 9.00 Å². The van der Waals surface area contributed by atoms with Gasteiger partial charge in [0.1, 0.15) is 9.92 Å². The average molecular weight is 417 g/mol. The van der Waals surface area contributed by atoms with Gasteiger partial charge in [0.2, 0.25) is 0 Å². The van der Waals surface area contributed by atoms with Crippen molar-refractivity contribution in [2.45, 2.75) is 57.9 Å². The Kier molecular flexibility index (Phi) is 7.57. The van der Waals surface area contributed by atoms with Gasteiger partial charge in [0.25, 0.3) is 0 Å². The lowest BCUT2D eigenvalue weighted by molar-refractivity contribution is 0.260. The molecule has 0 radical (unpaired) electrons. The largest absolute Gasteiger partial charge is 0.354 e. The van der Waals surface area contributed by atoms with Gasteiger partial charge in [0, 0.05) is 12.2 Å². The maximum Gasteiger partial charge on any atom is 0.354 e. The summed E-state index contributed by atoms with van der Waals surface area (Å²) in [5.41, 5.74) is 4.94. The topological polar surface area (TPSA) is 96.6 Å². The van der Waals surface area contributed by atoms with Gasteiger partial charge in [-0.25, -0.2) is 14.1 Å². The summed E-state index contributed by atoms with van der Waals surface area (Å²) in [5.74, 6) is 0.425. The third kappa shape index (κ3) is 5.88. The van der Waals surface area contributed by atoms with Gasteiger partial charge in [0.05, 0.1) is 4.90 Å². The molecule has 158 valence electrons. The molecule has 29 heavy (non-hydrogen) atoms. The molecule has 7 heteroatoms. The zero-order valence-corrected chi connectivity index (χ0v) is 18.9. The van der Waals surface area contributed by atoms with E-state index in [-0.39, 0.29) is 11.8 Å². The number of amides is 2. The molecule has 2 aromatic carbocycles. The number of rotatable bonds is 6. The summed E-state index contributed by atoms with van der Waals surface area (Å²) in [6.07, 6.45) is 0. The van der Waals surface area contributed by atoms with Gasteiger partial charge in [-0.1, -0.05) is 57.5 Å².